The summed E-state index contributed by atoms with van der Waals surface area (Å²) in [5.74, 6) is -2.93. The van der Waals surface area contributed by atoms with Gasteiger partial charge >= 0.3 is 6.09 Å². The molecule has 140 valence electrons. The molecule has 7 heteroatoms. The normalized spacial score (nSPS) is 17.3. The molecule has 1 atom stereocenters. The number of hydrogen-bond acceptors (Lipinski definition) is 3. The summed E-state index contributed by atoms with van der Waals surface area (Å²) in [6.07, 6.45) is 1.11. The van der Waals surface area contributed by atoms with Gasteiger partial charge < -0.3 is 15.0 Å². The lowest BCUT2D eigenvalue weighted by Crippen LogP contribution is -2.44. The highest BCUT2D eigenvalue weighted by Gasteiger charge is 2.29. The Labute approximate surface area is 146 Å². The molecule has 1 aromatic rings. The van der Waals surface area contributed by atoms with Crippen LogP contribution in [0.2, 0.25) is 0 Å². The molecule has 1 aliphatic rings. The van der Waals surface area contributed by atoms with Crippen LogP contribution in [-0.2, 0) is 4.74 Å². The Balaban J connectivity index is 1.90. The van der Waals surface area contributed by atoms with Crippen molar-refractivity contribution in [2.75, 3.05) is 18.4 Å². The smallest absolute Gasteiger partial charge is 0.410 e. The van der Waals surface area contributed by atoms with Crippen LogP contribution in [-0.4, -0.2) is 35.7 Å². The fraction of sp³-hybridized carbons (Fsp3) is 0.611. The highest BCUT2D eigenvalue weighted by atomic mass is 19.2. The Morgan fingerprint density at radius 2 is 1.72 bits per heavy atom. The molecule has 0 radical (unpaired) electrons. The third-order valence-corrected chi connectivity index (χ3v) is 4.29. The van der Waals surface area contributed by atoms with Gasteiger partial charge in [0.25, 0.3) is 0 Å². The molecule has 2 rings (SSSR count). The first-order valence-corrected chi connectivity index (χ1v) is 8.46. The first kappa shape index (κ1) is 19.4. The van der Waals surface area contributed by atoms with E-state index in [1.54, 1.807) is 4.90 Å². The summed E-state index contributed by atoms with van der Waals surface area (Å²) in [5.41, 5.74) is -0.589. The van der Waals surface area contributed by atoms with Crippen molar-refractivity contribution in [3.05, 3.63) is 29.6 Å². The molecule has 0 saturated carbocycles. The van der Waals surface area contributed by atoms with Crippen molar-refractivity contribution >= 4 is 11.8 Å². The Bertz CT molecular complexity index is 623. The first-order valence-electron chi connectivity index (χ1n) is 8.46. The zero-order valence-corrected chi connectivity index (χ0v) is 15.0. The third-order valence-electron chi connectivity index (χ3n) is 4.29. The molecule has 1 unspecified atom stereocenters. The maximum Gasteiger partial charge on any atom is 0.410 e. The number of rotatable bonds is 3. The van der Waals surface area contributed by atoms with Crippen LogP contribution in [0.1, 0.15) is 40.5 Å². The SMILES string of the molecule is CC(Nc1cc(F)c(F)cc1F)C1CCN(C(=O)OC(C)(C)C)CC1. The van der Waals surface area contributed by atoms with Crippen molar-refractivity contribution in [1.29, 1.82) is 0 Å². The molecule has 0 bridgehead atoms. The molecule has 0 spiro atoms. The van der Waals surface area contributed by atoms with Crippen molar-refractivity contribution in [1.82, 2.24) is 4.90 Å². The van der Waals surface area contributed by atoms with Gasteiger partial charge in [0.05, 0.1) is 5.69 Å². The molecule has 25 heavy (non-hydrogen) atoms. The van der Waals surface area contributed by atoms with Gasteiger partial charge in [-0.05, 0) is 46.5 Å². The topological polar surface area (TPSA) is 41.6 Å². The third kappa shape index (κ3) is 5.28. The van der Waals surface area contributed by atoms with Gasteiger partial charge in [0.15, 0.2) is 11.6 Å². The van der Waals surface area contributed by atoms with E-state index < -0.39 is 23.1 Å². The predicted octanol–water partition coefficient (Wildman–Crippen LogP) is 4.55. The van der Waals surface area contributed by atoms with Gasteiger partial charge in [-0.25, -0.2) is 18.0 Å². The molecule has 1 aliphatic heterocycles. The van der Waals surface area contributed by atoms with E-state index in [1.165, 1.54) is 0 Å². The van der Waals surface area contributed by atoms with Crippen LogP contribution in [0, 0.1) is 23.4 Å². The Morgan fingerprint density at radius 1 is 1.16 bits per heavy atom. The molecule has 0 aliphatic carbocycles. The monoisotopic (exact) mass is 358 g/mol. The molecule has 1 amide bonds. The maximum atomic E-state index is 13.7. The summed E-state index contributed by atoms with van der Waals surface area (Å²) in [4.78, 5) is 13.7. The van der Waals surface area contributed by atoms with E-state index in [2.05, 4.69) is 5.32 Å². The Hall–Kier alpha value is -1.92. The number of nitrogens with zero attached hydrogens (tertiary/aromatic N) is 1. The minimum absolute atomic E-state index is 0.0547. The first-order chi connectivity index (χ1) is 11.6. The Kier molecular flexibility index (Phi) is 5.85. The zero-order valence-electron chi connectivity index (χ0n) is 15.0. The number of hydrogen-bond donors (Lipinski definition) is 1. The summed E-state index contributed by atoms with van der Waals surface area (Å²) in [6, 6.07) is 1.23. The molecule has 1 aromatic carbocycles. The van der Waals surface area contributed by atoms with Crippen LogP contribution in [0.3, 0.4) is 0 Å². The Morgan fingerprint density at radius 3 is 2.28 bits per heavy atom. The van der Waals surface area contributed by atoms with E-state index in [4.69, 9.17) is 4.74 Å². The molecule has 1 heterocycles. The maximum absolute atomic E-state index is 13.7. The number of ether oxygens (including phenoxy) is 1. The van der Waals surface area contributed by atoms with Crippen molar-refractivity contribution in [2.24, 2.45) is 5.92 Å². The van der Waals surface area contributed by atoms with Gasteiger partial charge in [-0.1, -0.05) is 0 Å². The lowest BCUT2D eigenvalue weighted by Gasteiger charge is -2.36. The van der Waals surface area contributed by atoms with E-state index in [-0.39, 0.29) is 23.7 Å². The van der Waals surface area contributed by atoms with Crippen LogP contribution < -0.4 is 5.32 Å². The second kappa shape index (κ2) is 7.54. The number of amides is 1. The summed E-state index contributed by atoms with van der Waals surface area (Å²) in [5, 5.41) is 2.91. The van der Waals surface area contributed by atoms with Crippen LogP contribution >= 0.6 is 0 Å². The molecular formula is C18H25F3N2O2. The molecule has 0 aromatic heterocycles. The minimum Gasteiger partial charge on any atom is -0.444 e. The second-order valence-corrected chi connectivity index (χ2v) is 7.48. The van der Waals surface area contributed by atoms with Gasteiger partial charge in [0.2, 0.25) is 0 Å². The molecular weight excluding hydrogens is 333 g/mol. The van der Waals surface area contributed by atoms with Crippen molar-refractivity contribution < 1.29 is 22.7 Å². The van der Waals surface area contributed by atoms with E-state index in [0.717, 1.165) is 18.9 Å². The number of anilines is 1. The fourth-order valence-corrected chi connectivity index (χ4v) is 2.90. The van der Waals surface area contributed by atoms with Crippen molar-refractivity contribution in [3.63, 3.8) is 0 Å². The van der Waals surface area contributed by atoms with Crippen molar-refractivity contribution in [2.45, 2.75) is 52.2 Å². The van der Waals surface area contributed by atoms with Gasteiger partial charge in [-0.2, -0.15) is 0 Å². The van der Waals surface area contributed by atoms with Crippen LogP contribution in [0.4, 0.5) is 23.7 Å². The van der Waals surface area contributed by atoms with E-state index in [0.29, 0.717) is 19.2 Å². The number of benzene rings is 1. The van der Waals surface area contributed by atoms with Gasteiger partial charge in [-0.3, -0.25) is 0 Å². The number of carbonyl (C=O) groups excluding carboxylic acids is 1. The molecule has 1 fully saturated rings. The molecule has 4 nitrogen and oxygen atoms in total. The molecule has 1 N–H and O–H groups in total. The summed E-state index contributed by atoms with van der Waals surface area (Å²) in [7, 11) is 0. The van der Waals surface area contributed by atoms with E-state index in [1.807, 2.05) is 27.7 Å². The quantitative estimate of drug-likeness (QED) is 0.806. The lowest BCUT2D eigenvalue weighted by molar-refractivity contribution is 0.0179. The average Bonchev–Trinajstić information content (AvgIpc) is 2.51. The number of piperidine rings is 1. The second-order valence-electron chi connectivity index (χ2n) is 7.48. The largest absolute Gasteiger partial charge is 0.444 e. The highest BCUT2D eigenvalue weighted by molar-refractivity contribution is 5.68. The summed E-state index contributed by atoms with van der Waals surface area (Å²) in [6.45, 7) is 8.42. The number of likely N-dealkylation sites (tertiary alicyclic amines) is 1. The zero-order chi connectivity index (χ0) is 18.8. The number of nitrogens with one attached hydrogen (secondary N) is 1. The summed E-state index contributed by atoms with van der Waals surface area (Å²) < 4.78 is 45.4. The van der Waals surface area contributed by atoms with Gasteiger partial charge in [-0.15, -0.1) is 0 Å². The van der Waals surface area contributed by atoms with E-state index >= 15 is 0 Å². The highest BCUT2D eigenvalue weighted by Crippen LogP contribution is 2.26. The lowest BCUT2D eigenvalue weighted by atomic mass is 9.90. The predicted molar refractivity (Wildman–Crippen MR) is 89.9 cm³/mol. The number of halogens is 3. The average molecular weight is 358 g/mol. The molecule has 1 saturated heterocycles. The van der Waals surface area contributed by atoms with E-state index in [9.17, 15) is 18.0 Å². The van der Waals surface area contributed by atoms with Crippen LogP contribution in [0.5, 0.6) is 0 Å². The summed E-state index contributed by atoms with van der Waals surface area (Å²) >= 11 is 0. The van der Waals surface area contributed by atoms with Gasteiger partial charge in [0, 0.05) is 31.3 Å². The van der Waals surface area contributed by atoms with Crippen LogP contribution in [0.15, 0.2) is 12.1 Å². The van der Waals surface area contributed by atoms with Crippen LogP contribution in [0.25, 0.3) is 0 Å². The van der Waals surface area contributed by atoms with Crippen molar-refractivity contribution in [3.8, 4) is 0 Å². The van der Waals surface area contributed by atoms with Gasteiger partial charge in [0.1, 0.15) is 11.4 Å². The minimum atomic E-state index is -1.21. The number of carbonyl (C=O) groups is 1. The fourth-order valence-electron chi connectivity index (χ4n) is 2.90. The standard InChI is InChI=1S/C18H25F3N2O2/c1-11(22-16-10-14(20)13(19)9-15(16)21)12-5-7-23(8-6-12)17(24)25-18(2,3)4/h9-12,22H,5-8H2,1-4H3.